The fourth-order valence-electron chi connectivity index (χ4n) is 1.87. The summed E-state index contributed by atoms with van der Waals surface area (Å²) in [6.07, 6.45) is 0. The Bertz CT molecular complexity index is 369. The lowest BCUT2D eigenvalue weighted by Crippen LogP contribution is -2.37. The molecule has 1 unspecified atom stereocenters. The van der Waals surface area contributed by atoms with Crippen molar-refractivity contribution in [3.8, 4) is 0 Å². The van der Waals surface area contributed by atoms with E-state index in [0.29, 0.717) is 5.25 Å². The number of aryl methyl sites for hydroxylation is 1. The maximum Gasteiger partial charge on any atom is 0.134 e. The molecule has 1 aliphatic heterocycles. The first-order valence-electron chi connectivity index (χ1n) is 5.59. The maximum absolute atomic E-state index is 4.51. The average Bonchev–Trinajstić information content (AvgIpc) is 2.28. The minimum atomic E-state index is 0.682. The average molecular weight is 238 g/mol. The summed E-state index contributed by atoms with van der Waals surface area (Å²) in [6.45, 7) is 6.36. The highest BCUT2D eigenvalue weighted by atomic mass is 32.2. The Kier molecular flexibility index (Phi) is 3.53. The van der Waals surface area contributed by atoms with Crippen LogP contribution in [0.4, 0.5) is 11.6 Å². The van der Waals surface area contributed by atoms with Crippen molar-refractivity contribution in [2.45, 2.75) is 19.1 Å². The van der Waals surface area contributed by atoms with Crippen LogP contribution in [0.5, 0.6) is 0 Å². The first-order valence-corrected chi connectivity index (χ1v) is 6.64. The Labute approximate surface area is 101 Å². The summed E-state index contributed by atoms with van der Waals surface area (Å²) in [5, 5.41) is 3.76. The molecular weight excluding hydrogens is 220 g/mol. The van der Waals surface area contributed by atoms with E-state index in [4.69, 9.17) is 0 Å². The first kappa shape index (κ1) is 11.5. The zero-order valence-corrected chi connectivity index (χ0v) is 10.8. The van der Waals surface area contributed by atoms with Crippen LogP contribution in [0, 0.1) is 6.92 Å². The van der Waals surface area contributed by atoms with Gasteiger partial charge in [-0.05, 0) is 6.92 Å². The lowest BCUT2D eigenvalue weighted by atomic mass is 10.3. The van der Waals surface area contributed by atoms with Crippen LogP contribution in [0.25, 0.3) is 0 Å². The normalized spacial score (nSPS) is 20.9. The third-order valence-electron chi connectivity index (χ3n) is 2.65. The van der Waals surface area contributed by atoms with E-state index in [1.54, 1.807) is 0 Å². The van der Waals surface area contributed by atoms with Gasteiger partial charge in [0.1, 0.15) is 17.5 Å². The van der Waals surface area contributed by atoms with Crippen molar-refractivity contribution < 1.29 is 0 Å². The second kappa shape index (κ2) is 4.91. The van der Waals surface area contributed by atoms with Crippen LogP contribution in [0.2, 0.25) is 0 Å². The molecule has 5 heteroatoms. The molecule has 2 rings (SSSR count). The zero-order chi connectivity index (χ0) is 11.5. The molecule has 16 heavy (non-hydrogen) atoms. The number of hydrogen-bond acceptors (Lipinski definition) is 5. The molecule has 0 amide bonds. The molecule has 2 heterocycles. The Morgan fingerprint density at radius 2 is 2.31 bits per heavy atom. The smallest absolute Gasteiger partial charge is 0.134 e. The van der Waals surface area contributed by atoms with E-state index in [1.165, 1.54) is 5.75 Å². The van der Waals surface area contributed by atoms with Crippen molar-refractivity contribution >= 4 is 23.4 Å². The van der Waals surface area contributed by atoms with E-state index >= 15 is 0 Å². The lowest BCUT2D eigenvalue weighted by molar-refractivity contribution is 0.765. The second-order valence-corrected chi connectivity index (χ2v) is 5.58. The summed E-state index contributed by atoms with van der Waals surface area (Å²) < 4.78 is 0. The number of thioether (sulfide) groups is 1. The van der Waals surface area contributed by atoms with Gasteiger partial charge in [-0.25, -0.2) is 9.97 Å². The van der Waals surface area contributed by atoms with Gasteiger partial charge >= 0.3 is 0 Å². The van der Waals surface area contributed by atoms with Gasteiger partial charge in [0, 0.05) is 37.2 Å². The number of aromatic nitrogens is 2. The zero-order valence-electron chi connectivity index (χ0n) is 10.0. The molecule has 88 valence electrons. The Morgan fingerprint density at radius 3 is 3.00 bits per heavy atom. The number of rotatable bonds is 2. The van der Waals surface area contributed by atoms with Crippen molar-refractivity contribution in [2.24, 2.45) is 0 Å². The van der Waals surface area contributed by atoms with Crippen LogP contribution in [0.1, 0.15) is 12.7 Å². The molecular formula is C11H18N4S. The standard InChI is InChI=1S/C11H18N4S/c1-8-7-15(4-5-16-8)11-6-10(12-3)13-9(2)14-11/h6,8H,4-5,7H2,1-3H3,(H,12,13,14). The second-order valence-electron chi connectivity index (χ2n) is 4.04. The minimum absolute atomic E-state index is 0.682. The van der Waals surface area contributed by atoms with Crippen LogP contribution in [0.15, 0.2) is 6.07 Å². The monoisotopic (exact) mass is 238 g/mol. The van der Waals surface area contributed by atoms with Crippen molar-refractivity contribution in [3.05, 3.63) is 11.9 Å². The summed E-state index contributed by atoms with van der Waals surface area (Å²) >= 11 is 2.03. The topological polar surface area (TPSA) is 41.0 Å². The van der Waals surface area contributed by atoms with E-state index in [9.17, 15) is 0 Å². The van der Waals surface area contributed by atoms with Crippen LogP contribution in [-0.2, 0) is 0 Å². The van der Waals surface area contributed by atoms with Crippen LogP contribution in [-0.4, -0.2) is 41.1 Å². The van der Waals surface area contributed by atoms with Gasteiger partial charge in [-0.3, -0.25) is 0 Å². The van der Waals surface area contributed by atoms with Crippen molar-refractivity contribution in [3.63, 3.8) is 0 Å². The van der Waals surface area contributed by atoms with E-state index in [-0.39, 0.29) is 0 Å². The third-order valence-corrected chi connectivity index (χ3v) is 3.78. The van der Waals surface area contributed by atoms with Gasteiger partial charge in [0.05, 0.1) is 0 Å². The van der Waals surface area contributed by atoms with Crippen molar-refractivity contribution in [1.29, 1.82) is 0 Å². The first-order chi connectivity index (χ1) is 7.69. The Morgan fingerprint density at radius 1 is 1.50 bits per heavy atom. The molecule has 1 aliphatic rings. The highest BCUT2D eigenvalue weighted by Gasteiger charge is 2.18. The molecule has 1 aromatic heterocycles. The van der Waals surface area contributed by atoms with Crippen LogP contribution >= 0.6 is 11.8 Å². The van der Waals surface area contributed by atoms with Crippen molar-refractivity contribution in [2.75, 3.05) is 36.1 Å². The maximum atomic E-state index is 4.51. The van der Waals surface area contributed by atoms with E-state index in [0.717, 1.165) is 30.5 Å². The van der Waals surface area contributed by atoms with Gasteiger partial charge in [-0.1, -0.05) is 6.92 Å². The molecule has 0 saturated carbocycles. The predicted octanol–water partition coefficient (Wildman–Crippen LogP) is 1.77. The quantitative estimate of drug-likeness (QED) is 0.850. The summed E-state index contributed by atoms with van der Waals surface area (Å²) in [7, 11) is 1.89. The molecule has 1 aromatic rings. The van der Waals surface area contributed by atoms with Gasteiger partial charge in [0.15, 0.2) is 0 Å². The fraction of sp³-hybridized carbons (Fsp3) is 0.636. The van der Waals surface area contributed by atoms with Gasteiger partial charge in [-0.15, -0.1) is 0 Å². The van der Waals surface area contributed by atoms with Crippen molar-refractivity contribution in [1.82, 2.24) is 9.97 Å². The molecule has 1 saturated heterocycles. The van der Waals surface area contributed by atoms with Gasteiger partial charge in [0.25, 0.3) is 0 Å². The largest absolute Gasteiger partial charge is 0.373 e. The molecule has 0 spiro atoms. The highest BCUT2D eigenvalue weighted by molar-refractivity contribution is 8.00. The molecule has 1 N–H and O–H groups in total. The minimum Gasteiger partial charge on any atom is -0.373 e. The van der Waals surface area contributed by atoms with Gasteiger partial charge in [-0.2, -0.15) is 11.8 Å². The highest BCUT2D eigenvalue weighted by Crippen LogP contribution is 2.23. The lowest BCUT2D eigenvalue weighted by Gasteiger charge is -2.31. The molecule has 1 fully saturated rings. The SMILES string of the molecule is CNc1cc(N2CCSC(C)C2)nc(C)n1. The third kappa shape index (κ3) is 2.58. The Balaban J connectivity index is 2.21. The summed E-state index contributed by atoms with van der Waals surface area (Å²) in [5.74, 6) is 3.95. The summed E-state index contributed by atoms with van der Waals surface area (Å²) in [5.41, 5.74) is 0. The van der Waals surface area contributed by atoms with E-state index < -0.39 is 0 Å². The van der Waals surface area contributed by atoms with Crippen LogP contribution < -0.4 is 10.2 Å². The molecule has 0 aromatic carbocycles. The fourth-order valence-corrected chi connectivity index (χ4v) is 2.88. The summed E-state index contributed by atoms with van der Waals surface area (Å²) in [6, 6.07) is 2.02. The molecule has 4 nitrogen and oxygen atoms in total. The van der Waals surface area contributed by atoms with Gasteiger partial charge in [0.2, 0.25) is 0 Å². The number of anilines is 2. The molecule has 1 atom stereocenters. The van der Waals surface area contributed by atoms with E-state index in [2.05, 4.69) is 27.1 Å². The predicted molar refractivity (Wildman–Crippen MR) is 70.4 cm³/mol. The van der Waals surface area contributed by atoms with Crippen LogP contribution in [0.3, 0.4) is 0 Å². The number of nitrogens with zero attached hydrogens (tertiary/aromatic N) is 3. The molecule has 0 bridgehead atoms. The number of hydrogen-bond donors (Lipinski definition) is 1. The summed E-state index contributed by atoms with van der Waals surface area (Å²) in [4.78, 5) is 11.2. The molecule has 0 radical (unpaired) electrons. The molecule has 0 aliphatic carbocycles. The van der Waals surface area contributed by atoms with E-state index in [1.807, 2.05) is 31.8 Å². The van der Waals surface area contributed by atoms with Gasteiger partial charge < -0.3 is 10.2 Å². The Hall–Kier alpha value is -0.970. The number of nitrogens with one attached hydrogen (secondary N) is 1.